The minimum atomic E-state index is -4.43. The number of amides is 1. The van der Waals surface area contributed by atoms with Crippen LogP contribution in [0.2, 0.25) is 0 Å². The molecule has 0 radical (unpaired) electrons. The summed E-state index contributed by atoms with van der Waals surface area (Å²) in [5.74, 6) is -0.0142. The van der Waals surface area contributed by atoms with E-state index in [1.54, 1.807) is 17.2 Å². The molecule has 3 rings (SSSR count). The van der Waals surface area contributed by atoms with Gasteiger partial charge in [-0.1, -0.05) is 0 Å². The molecule has 0 saturated carbocycles. The monoisotopic (exact) mass is 326 g/mol. The largest absolute Gasteiger partial charge is 0.432 e. The standard InChI is InChI=1S/C15H17F3N4O/c1-9-11(4-5-19-9)14(23)22-6-2-3-10(8-22)13-20-7-12(21-13)15(16,17)18/h4-5,7,10,19H,2-3,6,8H2,1H3,(H,20,21)/t10-/m0/s1. The molecule has 0 aliphatic carbocycles. The summed E-state index contributed by atoms with van der Waals surface area (Å²) in [5, 5.41) is 0. The van der Waals surface area contributed by atoms with Gasteiger partial charge in [-0.25, -0.2) is 4.98 Å². The van der Waals surface area contributed by atoms with Gasteiger partial charge in [-0.3, -0.25) is 4.79 Å². The fourth-order valence-electron chi connectivity index (χ4n) is 2.93. The Hall–Kier alpha value is -2.25. The van der Waals surface area contributed by atoms with Crippen LogP contribution in [-0.4, -0.2) is 38.8 Å². The Balaban J connectivity index is 1.75. The first kappa shape index (κ1) is 15.6. The summed E-state index contributed by atoms with van der Waals surface area (Å²) in [5.41, 5.74) is 0.535. The van der Waals surface area contributed by atoms with Crippen molar-refractivity contribution in [3.63, 3.8) is 0 Å². The zero-order valence-corrected chi connectivity index (χ0v) is 12.6. The molecule has 1 amide bonds. The Labute approximate surface area is 130 Å². The number of nitrogens with one attached hydrogen (secondary N) is 2. The summed E-state index contributed by atoms with van der Waals surface area (Å²) in [4.78, 5) is 23.4. The summed E-state index contributed by atoms with van der Waals surface area (Å²) >= 11 is 0. The lowest BCUT2D eigenvalue weighted by atomic mass is 9.96. The average Bonchev–Trinajstić information content (AvgIpc) is 3.15. The summed E-state index contributed by atoms with van der Waals surface area (Å²) in [6.45, 7) is 2.79. The summed E-state index contributed by atoms with van der Waals surface area (Å²) in [6.07, 6.45) is -0.473. The Morgan fingerprint density at radius 3 is 2.83 bits per heavy atom. The van der Waals surface area contributed by atoms with Gasteiger partial charge in [0.05, 0.1) is 11.8 Å². The molecule has 0 spiro atoms. The third-order valence-electron chi connectivity index (χ3n) is 4.18. The minimum absolute atomic E-state index is 0.101. The fraction of sp³-hybridized carbons (Fsp3) is 0.467. The highest BCUT2D eigenvalue weighted by Crippen LogP contribution is 2.31. The summed E-state index contributed by atoms with van der Waals surface area (Å²) in [7, 11) is 0. The van der Waals surface area contributed by atoms with E-state index in [4.69, 9.17) is 0 Å². The maximum atomic E-state index is 12.7. The van der Waals surface area contributed by atoms with Gasteiger partial charge in [0.15, 0.2) is 0 Å². The predicted octanol–water partition coefficient (Wildman–Crippen LogP) is 3.08. The van der Waals surface area contributed by atoms with E-state index in [1.807, 2.05) is 6.92 Å². The second-order valence-electron chi connectivity index (χ2n) is 5.79. The molecule has 0 aromatic carbocycles. The number of hydrogen-bond acceptors (Lipinski definition) is 2. The molecule has 2 N–H and O–H groups in total. The van der Waals surface area contributed by atoms with Gasteiger partial charge >= 0.3 is 6.18 Å². The zero-order chi connectivity index (χ0) is 16.6. The maximum Gasteiger partial charge on any atom is 0.432 e. The minimum Gasteiger partial charge on any atom is -0.365 e. The molecule has 5 nitrogen and oxygen atoms in total. The van der Waals surface area contributed by atoms with Crippen molar-refractivity contribution in [2.75, 3.05) is 13.1 Å². The normalized spacial score (nSPS) is 19.1. The van der Waals surface area contributed by atoms with Crippen molar-refractivity contribution < 1.29 is 18.0 Å². The third kappa shape index (κ3) is 3.11. The molecule has 0 bridgehead atoms. The zero-order valence-electron chi connectivity index (χ0n) is 12.6. The highest BCUT2D eigenvalue weighted by Gasteiger charge is 2.35. The van der Waals surface area contributed by atoms with E-state index in [2.05, 4.69) is 15.0 Å². The molecular formula is C15H17F3N4O. The number of halogens is 3. The molecule has 2 aromatic heterocycles. The number of hydrogen-bond donors (Lipinski definition) is 2. The van der Waals surface area contributed by atoms with E-state index < -0.39 is 11.9 Å². The Kier molecular flexibility index (Phi) is 3.91. The van der Waals surface area contributed by atoms with Gasteiger partial charge in [0, 0.05) is 30.9 Å². The number of nitrogens with zero attached hydrogens (tertiary/aromatic N) is 2. The summed E-state index contributed by atoms with van der Waals surface area (Å²) in [6, 6.07) is 1.72. The molecule has 1 atom stereocenters. The Morgan fingerprint density at radius 2 is 2.22 bits per heavy atom. The summed E-state index contributed by atoms with van der Waals surface area (Å²) < 4.78 is 38.0. The van der Waals surface area contributed by atoms with E-state index >= 15 is 0 Å². The molecule has 8 heteroatoms. The van der Waals surface area contributed by atoms with E-state index in [1.165, 1.54) is 0 Å². The number of aromatic nitrogens is 3. The van der Waals surface area contributed by atoms with E-state index in [0.29, 0.717) is 30.9 Å². The average molecular weight is 326 g/mol. The van der Waals surface area contributed by atoms with Gasteiger partial charge in [0.2, 0.25) is 0 Å². The van der Waals surface area contributed by atoms with Crippen molar-refractivity contribution in [3.8, 4) is 0 Å². The molecule has 1 saturated heterocycles. The molecule has 2 aromatic rings. The smallest absolute Gasteiger partial charge is 0.365 e. The molecule has 23 heavy (non-hydrogen) atoms. The molecule has 1 aliphatic rings. The lowest BCUT2D eigenvalue weighted by Crippen LogP contribution is -2.39. The second-order valence-corrected chi connectivity index (χ2v) is 5.79. The number of rotatable bonds is 2. The maximum absolute atomic E-state index is 12.7. The first-order valence-corrected chi connectivity index (χ1v) is 7.41. The van der Waals surface area contributed by atoms with Crippen LogP contribution in [0.1, 0.15) is 46.3 Å². The lowest BCUT2D eigenvalue weighted by Gasteiger charge is -2.32. The number of alkyl halides is 3. The Bertz CT molecular complexity index is 704. The molecule has 0 unspecified atom stereocenters. The van der Waals surface area contributed by atoms with Crippen molar-refractivity contribution in [1.82, 2.24) is 19.9 Å². The van der Waals surface area contributed by atoms with Crippen LogP contribution >= 0.6 is 0 Å². The molecule has 124 valence electrons. The number of carbonyl (C=O) groups is 1. The Morgan fingerprint density at radius 1 is 1.43 bits per heavy atom. The van der Waals surface area contributed by atoms with Crippen LogP contribution in [0.3, 0.4) is 0 Å². The van der Waals surface area contributed by atoms with Gasteiger partial charge in [-0.15, -0.1) is 0 Å². The number of aromatic amines is 2. The van der Waals surface area contributed by atoms with Gasteiger partial charge in [0.25, 0.3) is 5.91 Å². The van der Waals surface area contributed by atoms with Gasteiger partial charge < -0.3 is 14.9 Å². The highest BCUT2D eigenvalue weighted by atomic mass is 19.4. The van der Waals surface area contributed by atoms with Crippen LogP contribution in [0.25, 0.3) is 0 Å². The van der Waals surface area contributed by atoms with E-state index in [0.717, 1.165) is 18.3 Å². The second kappa shape index (κ2) is 5.75. The third-order valence-corrected chi connectivity index (χ3v) is 4.18. The van der Waals surface area contributed by atoms with Crippen molar-refractivity contribution >= 4 is 5.91 Å². The van der Waals surface area contributed by atoms with Crippen molar-refractivity contribution in [1.29, 1.82) is 0 Å². The topological polar surface area (TPSA) is 64.8 Å². The van der Waals surface area contributed by atoms with Crippen LogP contribution in [0.15, 0.2) is 18.5 Å². The number of likely N-dealkylation sites (tertiary alicyclic amines) is 1. The van der Waals surface area contributed by atoms with Crippen LogP contribution < -0.4 is 0 Å². The first-order valence-electron chi connectivity index (χ1n) is 7.41. The quantitative estimate of drug-likeness (QED) is 0.891. The van der Waals surface area contributed by atoms with Crippen molar-refractivity contribution in [2.45, 2.75) is 31.9 Å². The number of carbonyl (C=O) groups excluding carboxylic acids is 1. The molecular weight excluding hydrogens is 309 g/mol. The van der Waals surface area contributed by atoms with E-state index in [9.17, 15) is 18.0 Å². The number of H-pyrrole nitrogens is 2. The van der Waals surface area contributed by atoms with Gasteiger partial charge in [0.1, 0.15) is 11.5 Å². The van der Waals surface area contributed by atoms with Gasteiger partial charge in [-0.05, 0) is 25.8 Å². The number of piperidine rings is 1. The van der Waals surface area contributed by atoms with E-state index in [-0.39, 0.29) is 11.8 Å². The van der Waals surface area contributed by atoms with Crippen LogP contribution in [-0.2, 0) is 6.18 Å². The number of aryl methyl sites for hydroxylation is 1. The molecule has 3 heterocycles. The predicted molar refractivity (Wildman–Crippen MR) is 77.0 cm³/mol. The van der Waals surface area contributed by atoms with Crippen LogP contribution in [0.4, 0.5) is 13.2 Å². The first-order chi connectivity index (χ1) is 10.9. The van der Waals surface area contributed by atoms with Crippen LogP contribution in [0, 0.1) is 6.92 Å². The molecule has 1 aliphatic heterocycles. The molecule has 1 fully saturated rings. The van der Waals surface area contributed by atoms with Crippen LogP contribution in [0.5, 0.6) is 0 Å². The number of imidazole rings is 1. The fourth-order valence-corrected chi connectivity index (χ4v) is 2.93. The van der Waals surface area contributed by atoms with Crippen molar-refractivity contribution in [2.24, 2.45) is 0 Å². The highest BCUT2D eigenvalue weighted by molar-refractivity contribution is 5.95. The SMILES string of the molecule is Cc1[nH]ccc1C(=O)N1CCC[C@H](c2ncc(C(F)(F)F)[nH]2)C1. The van der Waals surface area contributed by atoms with Crippen molar-refractivity contribution in [3.05, 3.63) is 41.2 Å². The lowest BCUT2D eigenvalue weighted by molar-refractivity contribution is -0.141. The van der Waals surface area contributed by atoms with Gasteiger partial charge in [-0.2, -0.15) is 13.2 Å².